The molecule has 0 saturated carbocycles. The van der Waals surface area contributed by atoms with Gasteiger partial charge in [-0.3, -0.25) is 4.79 Å². The molecule has 2 heteroatoms. The van der Waals surface area contributed by atoms with E-state index in [0.717, 1.165) is 17.5 Å². The van der Waals surface area contributed by atoms with E-state index in [9.17, 15) is 4.79 Å². The third-order valence-electron chi connectivity index (χ3n) is 2.79. The monoisotopic (exact) mass is 220 g/mol. The van der Waals surface area contributed by atoms with Gasteiger partial charge in [0, 0.05) is 6.61 Å². The second-order valence-electron chi connectivity index (χ2n) is 4.15. The van der Waals surface area contributed by atoms with Crippen molar-refractivity contribution in [2.24, 2.45) is 0 Å². The topological polar surface area (TPSA) is 26.3 Å². The zero-order valence-electron chi connectivity index (χ0n) is 10.5. The van der Waals surface area contributed by atoms with Crippen molar-refractivity contribution in [3.05, 3.63) is 34.9 Å². The van der Waals surface area contributed by atoms with E-state index in [1.165, 1.54) is 5.56 Å². The van der Waals surface area contributed by atoms with Crippen LogP contribution < -0.4 is 0 Å². The lowest BCUT2D eigenvalue weighted by Crippen LogP contribution is -2.15. The maximum atomic E-state index is 11.6. The summed E-state index contributed by atoms with van der Waals surface area (Å²) in [6, 6.07) is 6.00. The predicted octanol–water partition coefficient (Wildman–Crippen LogP) is 3.36. The van der Waals surface area contributed by atoms with Crippen LogP contribution in [-0.2, 0) is 9.53 Å². The molecule has 0 amide bonds. The molecule has 0 bridgehead atoms. The van der Waals surface area contributed by atoms with Gasteiger partial charge >= 0.3 is 0 Å². The highest BCUT2D eigenvalue weighted by Crippen LogP contribution is 2.24. The Labute approximate surface area is 97.6 Å². The maximum Gasteiger partial charge on any atom is 0.163 e. The minimum absolute atomic E-state index is 0.0714. The first-order valence-corrected chi connectivity index (χ1v) is 5.76. The number of benzene rings is 1. The number of ether oxygens (including phenoxy) is 1. The standard InChI is InChI=1S/C14H20O2/c1-5-9-16-14(12(4)15)13-8-6-7-10(2)11(13)3/h6-8,14H,5,9H2,1-4H3. The van der Waals surface area contributed by atoms with Gasteiger partial charge in [-0.15, -0.1) is 0 Å². The Hall–Kier alpha value is -1.15. The van der Waals surface area contributed by atoms with Crippen molar-refractivity contribution in [3.8, 4) is 0 Å². The zero-order chi connectivity index (χ0) is 12.1. The average molecular weight is 220 g/mol. The molecule has 0 aliphatic rings. The van der Waals surface area contributed by atoms with Crippen LogP contribution in [0.25, 0.3) is 0 Å². The molecular weight excluding hydrogens is 200 g/mol. The summed E-state index contributed by atoms with van der Waals surface area (Å²) in [6.45, 7) is 8.34. The van der Waals surface area contributed by atoms with Crippen LogP contribution >= 0.6 is 0 Å². The van der Waals surface area contributed by atoms with Crippen LogP contribution in [0.4, 0.5) is 0 Å². The zero-order valence-corrected chi connectivity index (χ0v) is 10.5. The largest absolute Gasteiger partial charge is 0.366 e. The number of carbonyl (C=O) groups excluding carboxylic acids is 1. The smallest absolute Gasteiger partial charge is 0.163 e. The van der Waals surface area contributed by atoms with Gasteiger partial charge in [0.05, 0.1) is 0 Å². The summed E-state index contributed by atoms with van der Waals surface area (Å²) in [5, 5.41) is 0. The molecule has 0 radical (unpaired) electrons. The van der Waals surface area contributed by atoms with E-state index < -0.39 is 6.10 Å². The van der Waals surface area contributed by atoms with Crippen molar-refractivity contribution in [2.75, 3.05) is 6.61 Å². The molecule has 1 rings (SSSR count). The summed E-state index contributed by atoms with van der Waals surface area (Å²) in [5.74, 6) is 0.0714. The third-order valence-corrected chi connectivity index (χ3v) is 2.79. The molecule has 0 spiro atoms. The van der Waals surface area contributed by atoms with E-state index in [4.69, 9.17) is 4.74 Å². The normalized spacial score (nSPS) is 12.5. The molecule has 0 aromatic heterocycles. The van der Waals surface area contributed by atoms with Gasteiger partial charge in [0.2, 0.25) is 0 Å². The van der Waals surface area contributed by atoms with Crippen LogP contribution in [0.5, 0.6) is 0 Å². The lowest BCUT2D eigenvalue weighted by molar-refractivity contribution is -0.128. The van der Waals surface area contributed by atoms with E-state index in [2.05, 4.69) is 13.0 Å². The van der Waals surface area contributed by atoms with Gasteiger partial charge in [0.15, 0.2) is 5.78 Å². The van der Waals surface area contributed by atoms with E-state index in [1.807, 2.05) is 26.0 Å². The van der Waals surface area contributed by atoms with Gasteiger partial charge in [-0.05, 0) is 43.9 Å². The molecule has 16 heavy (non-hydrogen) atoms. The van der Waals surface area contributed by atoms with Gasteiger partial charge in [0.1, 0.15) is 6.10 Å². The molecule has 1 aromatic rings. The molecule has 0 aliphatic carbocycles. The summed E-state index contributed by atoms with van der Waals surface area (Å²) < 4.78 is 5.63. The molecule has 0 N–H and O–H groups in total. The Kier molecular flexibility index (Phi) is 4.69. The first-order chi connectivity index (χ1) is 7.57. The van der Waals surface area contributed by atoms with Crippen molar-refractivity contribution in [3.63, 3.8) is 0 Å². The lowest BCUT2D eigenvalue weighted by Gasteiger charge is -2.18. The van der Waals surface area contributed by atoms with Gasteiger partial charge in [-0.1, -0.05) is 25.1 Å². The van der Waals surface area contributed by atoms with Crippen molar-refractivity contribution in [2.45, 2.75) is 40.2 Å². The summed E-state index contributed by atoms with van der Waals surface area (Å²) in [4.78, 5) is 11.6. The van der Waals surface area contributed by atoms with Crippen molar-refractivity contribution in [1.82, 2.24) is 0 Å². The van der Waals surface area contributed by atoms with Gasteiger partial charge in [-0.2, -0.15) is 0 Å². The maximum absolute atomic E-state index is 11.6. The average Bonchev–Trinajstić information content (AvgIpc) is 2.24. The molecule has 0 saturated heterocycles. The molecule has 1 atom stereocenters. The first kappa shape index (κ1) is 12.9. The van der Waals surface area contributed by atoms with Gasteiger partial charge in [0.25, 0.3) is 0 Å². The van der Waals surface area contributed by atoms with Crippen LogP contribution in [0.3, 0.4) is 0 Å². The molecule has 1 aromatic carbocycles. The second kappa shape index (κ2) is 5.80. The highest BCUT2D eigenvalue weighted by Gasteiger charge is 2.19. The fraction of sp³-hybridized carbons (Fsp3) is 0.500. The first-order valence-electron chi connectivity index (χ1n) is 5.76. The number of Topliss-reactive ketones (excluding diaryl/α,β-unsaturated/α-hetero) is 1. The molecule has 0 heterocycles. The van der Waals surface area contributed by atoms with E-state index in [0.29, 0.717) is 6.61 Å². The van der Waals surface area contributed by atoms with Crippen molar-refractivity contribution in [1.29, 1.82) is 0 Å². The fourth-order valence-electron chi connectivity index (χ4n) is 1.72. The molecular formula is C14H20O2. The quantitative estimate of drug-likeness (QED) is 0.760. The summed E-state index contributed by atoms with van der Waals surface area (Å²) in [6.07, 6.45) is 0.522. The summed E-state index contributed by atoms with van der Waals surface area (Å²) in [5.41, 5.74) is 3.35. The highest BCUT2D eigenvalue weighted by molar-refractivity contribution is 5.82. The Balaban J connectivity index is 3.01. The highest BCUT2D eigenvalue weighted by atomic mass is 16.5. The van der Waals surface area contributed by atoms with Crippen molar-refractivity contribution >= 4 is 5.78 Å². The number of rotatable bonds is 5. The fourth-order valence-corrected chi connectivity index (χ4v) is 1.72. The van der Waals surface area contributed by atoms with E-state index >= 15 is 0 Å². The Morgan fingerprint density at radius 1 is 1.38 bits per heavy atom. The number of aryl methyl sites for hydroxylation is 1. The van der Waals surface area contributed by atoms with E-state index in [-0.39, 0.29) is 5.78 Å². The third kappa shape index (κ3) is 2.92. The van der Waals surface area contributed by atoms with Crippen molar-refractivity contribution < 1.29 is 9.53 Å². The number of hydrogen-bond acceptors (Lipinski definition) is 2. The number of ketones is 1. The predicted molar refractivity (Wildman–Crippen MR) is 65.6 cm³/mol. The van der Waals surface area contributed by atoms with Crippen LogP contribution in [-0.4, -0.2) is 12.4 Å². The van der Waals surface area contributed by atoms with Crippen LogP contribution in [0.2, 0.25) is 0 Å². The van der Waals surface area contributed by atoms with Crippen LogP contribution in [0.1, 0.15) is 43.1 Å². The number of hydrogen-bond donors (Lipinski definition) is 0. The van der Waals surface area contributed by atoms with Crippen LogP contribution in [0.15, 0.2) is 18.2 Å². The minimum Gasteiger partial charge on any atom is -0.366 e. The molecule has 88 valence electrons. The number of carbonyl (C=O) groups is 1. The second-order valence-corrected chi connectivity index (χ2v) is 4.15. The molecule has 0 fully saturated rings. The molecule has 1 unspecified atom stereocenters. The van der Waals surface area contributed by atoms with Gasteiger partial charge < -0.3 is 4.74 Å². The van der Waals surface area contributed by atoms with E-state index in [1.54, 1.807) is 6.92 Å². The van der Waals surface area contributed by atoms with Gasteiger partial charge in [-0.25, -0.2) is 0 Å². The van der Waals surface area contributed by atoms with Crippen LogP contribution in [0, 0.1) is 13.8 Å². The lowest BCUT2D eigenvalue weighted by atomic mass is 9.97. The Bertz CT molecular complexity index is 369. The SMILES string of the molecule is CCCOC(C(C)=O)c1cccc(C)c1C. The molecule has 0 aliphatic heterocycles. The summed E-state index contributed by atoms with van der Waals surface area (Å²) >= 11 is 0. The summed E-state index contributed by atoms with van der Waals surface area (Å²) in [7, 11) is 0. The minimum atomic E-state index is -0.403. The Morgan fingerprint density at radius 2 is 2.06 bits per heavy atom. The Morgan fingerprint density at radius 3 is 2.62 bits per heavy atom. The molecule has 2 nitrogen and oxygen atoms in total.